The highest BCUT2D eigenvalue weighted by atomic mass is 19.1. The molecule has 4 rings (SSSR count). The van der Waals surface area contributed by atoms with E-state index in [0.717, 1.165) is 31.7 Å². The van der Waals surface area contributed by atoms with Crippen LogP contribution in [0.1, 0.15) is 22.0 Å². The van der Waals surface area contributed by atoms with Gasteiger partial charge in [0.1, 0.15) is 5.82 Å². The summed E-state index contributed by atoms with van der Waals surface area (Å²) in [5, 5.41) is 2.92. The average Bonchev–Trinajstić information content (AvgIpc) is 2.81. The Morgan fingerprint density at radius 2 is 1.70 bits per heavy atom. The molecule has 30 heavy (non-hydrogen) atoms. The minimum atomic E-state index is -0.510. The Kier molecular flexibility index (Phi) is 6.35. The van der Waals surface area contributed by atoms with E-state index in [0.29, 0.717) is 6.54 Å². The quantitative estimate of drug-likeness (QED) is 0.683. The Balaban J connectivity index is 1.45. The van der Waals surface area contributed by atoms with Crippen LogP contribution in [-0.2, 0) is 0 Å². The van der Waals surface area contributed by atoms with E-state index in [4.69, 9.17) is 0 Å². The third-order valence-electron chi connectivity index (χ3n) is 5.52. The summed E-state index contributed by atoms with van der Waals surface area (Å²) in [7, 11) is 0. The van der Waals surface area contributed by atoms with Gasteiger partial charge in [0, 0.05) is 50.8 Å². The molecule has 6 heteroatoms. The second kappa shape index (κ2) is 9.50. The van der Waals surface area contributed by atoms with E-state index >= 15 is 0 Å². The third kappa shape index (κ3) is 4.66. The van der Waals surface area contributed by atoms with E-state index in [1.807, 2.05) is 24.4 Å². The van der Waals surface area contributed by atoms with Crippen LogP contribution in [0.25, 0.3) is 0 Å². The maximum absolute atomic E-state index is 14.0. The summed E-state index contributed by atoms with van der Waals surface area (Å²) in [5.41, 5.74) is 2.33. The highest BCUT2D eigenvalue weighted by Gasteiger charge is 2.26. The van der Waals surface area contributed by atoms with Crippen molar-refractivity contribution in [2.45, 2.75) is 6.04 Å². The lowest BCUT2D eigenvalue weighted by Crippen LogP contribution is -2.50. The minimum Gasteiger partial charge on any atom is -0.369 e. The number of rotatable bonds is 6. The van der Waals surface area contributed by atoms with E-state index in [9.17, 15) is 9.18 Å². The molecular formula is C24H25FN4O. The molecule has 0 saturated carbocycles. The normalized spacial score (nSPS) is 15.6. The number of halogens is 1. The van der Waals surface area contributed by atoms with Crippen molar-refractivity contribution in [3.8, 4) is 0 Å². The van der Waals surface area contributed by atoms with Gasteiger partial charge < -0.3 is 10.2 Å². The van der Waals surface area contributed by atoms with E-state index in [1.54, 1.807) is 18.3 Å². The fourth-order valence-corrected chi connectivity index (χ4v) is 3.89. The topological polar surface area (TPSA) is 48.5 Å². The fraction of sp³-hybridized carbons (Fsp3) is 0.250. The molecular weight excluding hydrogens is 379 g/mol. The molecule has 154 valence electrons. The highest BCUT2D eigenvalue weighted by Crippen LogP contribution is 2.23. The molecule has 1 atom stereocenters. The standard InChI is InChI=1S/C24H25FN4O/c25-22-11-5-4-10-21(22)24(30)27-18-23(19-7-6-12-26-17-19)29-15-13-28(14-16-29)20-8-2-1-3-9-20/h1-12,17,23H,13-16,18H2,(H,27,30). The lowest BCUT2D eigenvalue weighted by molar-refractivity contribution is 0.0926. The van der Waals surface area contributed by atoms with Gasteiger partial charge in [0.2, 0.25) is 0 Å². The number of pyridine rings is 1. The molecule has 1 aliphatic rings. The Morgan fingerprint density at radius 1 is 0.967 bits per heavy atom. The van der Waals surface area contributed by atoms with E-state index in [2.05, 4.69) is 44.4 Å². The summed E-state index contributed by atoms with van der Waals surface area (Å²) in [5.74, 6) is -0.908. The van der Waals surface area contributed by atoms with E-state index < -0.39 is 11.7 Å². The number of piperazine rings is 1. The summed E-state index contributed by atoms with van der Waals surface area (Å²) >= 11 is 0. The number of anilines is 1. The van der Waals surface area contributed by atoms with Gasteiger partial charge in [0.25, 0.3) is 5.91 Å². The van der Waals surface area contributed by atoms with Crippen LogP contribution >= 0.6 is 0 Å². The van der Waals surface area contributed by atoms with Crippen molar-refractivity contribution in [2.24, 2.45) is 0 Å². The van der Waals surface area contributed by atoms with Crippen molar-refractivity contribution in [1.82, 2.24) is 15.2 Å². The predicted molar refractivity (Wildman–Crippen MR) is 116 cm³/mol. The second-order valence-corrected chi connectivity index (χ2v) is 7.35. The molecule has 1 fully saturated rings. The number of carbonyl (C=O) groups is 1. The van der Waals surface area contributed by atoms with Crippen LogP contribution in [-0.4, -0.2) is 48.5 Å². The molecule has 5 nitrogen and oxygen atoms in total. The second-order valence-electron chi connectivity index (χ2n) is 7.35. The van der Waals surface area contributed by atoms with Crippen LogP contribution in [0.3, 0.4) is 0 Å². The summed E-state index contributed by atoms with van der Waals surface area (Å²) in [6, 6.07) is 20.3. The van der Waals surface area contributed by atoms with Gasteiger partial charge in [0.15, 0.2) is 0 Å². The molecule has 0 radical (unpaired) electrons. The van der Waals surface area contributed by atoms with E-state index in [1.165, 1.54) is 17.8 Å². The lowest BCUT2D eigenvalue weighted by Gasteiger charge is -2.40. The molecule has 1 aromatic heterocycles. The van der Waals surface area contributed by atoms with Gasteiger partial charge in [-0.15, -0.1) is 0 Å². The van der Waals surface area contributed by atoms with Gasteiger partial charge in [-0.2, -0.15) is 0 Å². The Labute approximate surface area is 176 Å². The molecule has 0 bridgehead atoms. The Morgan fingerprint density at radius 3 is 2.40 bits per heavy atom. The first-order valence-electron chi connectivity index (χ1n) is 10.2. The first-order chi connectivity index (χ1) is 14.7. The molecule has 1 aliphatic heterocycles. The van der Waals surface area contributed by atoms with Crippen LogP contribution in [0.2, 0.25) is 0 Å². The van der Waals surface area contributed by atoms with Crippen molar-refractivity contribution < 1.29 is 9.18 Å². The van der Waals surface area contributed by atoms with Crippen molar-refractivity contribution in [1.29, 1.82) is 0 Å². The minimum absolute atomic E-state index is 0.0210. The molecule has 3 aromatic rings. The van der Waals surface area contributed by atoms with Gasteiger partial charge in [-0.05, 0) is 35.9 Å². The zero-order chi connectivity index (χ0) is 20.8. The molecule has 0 aliphatic carbocycles. The number of aromatic nitrogens is 1. The van der Waals surface area contributed by atoms with Crippen molar-refractivity contribution in [3.63, 3.8) is 0 Å². The van der Waals surface area contributed by atoms with Crippen LogP contribution in [0.4, 0.5) is 10.1 Å². The number of amides is 1. The number of carbonyl (C=O) groups excluding carboxylic acids is 1. The van der Waals surface area contributed by atoms with E-state index in [-0.39, 0.29) is 11.6 Å². The van der Waals surface area contributed by atoms with Crippen molar-refractivity contribution >= 4 is 11.6 Å². The van der Waals surface area contributed by atoms with Gasteiger partial charge in [0.05, 0.1) is 11.6 Å². The third-order valence-corrected chi connectivity index (χ3v) is 5.52. The van der Waals surface area contributed by atoms with Crippen LogP contribution in [0.15, 0.2) is 79.1 Å². The summed E-state index contributed by atoms with van der Waals surface area (Å²) in [4.78, 5) is 21.5. The molecule has 0 spiro atoms. The fourth-order valence-electron chi connectivity index (χ4n) is 3.89. The van der Waals surface area contributed by atoms with Gasteiger partial charge >= 0.3 is 0 Å². The average molecular weight is 404 g/mol. The number of para-hydroxylation sites is 1. The molecule has 1 N–H and O–H groups in total. The number of hydrogen-bond acceptors (Lipinski definition) is 4. The number of nitrogens with zero attached hydrogens (tertiary/aromatic N) is 3. The lowest BCUT2D eigenvalue weighted by atomic mass is 10.1. The van der Waals surface area contributed by atoms with Crippen molar-refractivity contribution in [3.05, 3.63) is 96.1 Å². The maximum atomic E-state index is 14.0. The maximum Gasteiger partial charge on any atom is 0.254 e. The summed E-state index contributed by atoms with van der Waals surface area (Å²) in [6.45, 7) is 3.93. The SMILES string of the molecule is O=C(NCC(c1cccnc1)N1CCN(c2ccccc2)CC1)c1ccccc1F. The molecule has 1 unspecified atom stereocenters. The van der Waals surface area contributed by atoms with Gasteiger partial charge in [-0.25, -0.2) is 4.39 Å². The number of hydrogen-bond donors (Lipinski definition) is 1. The monoisotopic (exact) mass is 404 g/mol. The molecule has 2 heterocycles. The van der Waals surface area contributed by atoms with Crippen LogP contribution < -0.4 is 10.2 Å². The summed E-state index contributed by atoms with van der Waals surface area (Å²) < 4.78 is 14.0. The van der Waals surface area contributed by atoms with Gasteiger partial charge in [-0.1, -0.05) is 36.4 Å². The first-order valence-corrected chi connectivity index (χ1v) is 10.2. The summed E-state index contributed by atoms with van der Waals surface area (Å²) in [6.07, 6.45) is 3.58. The van der Waals surface area contributed by atoms with Crippen LogP contribution in [0, 0.1) is 5.82 Å². The Hall–Kier alpha value is -3.25. The predicted octanol–water partition coefficient (Wildman–Crippen LogP) is 3.51. The molecule has 1 saturated heterocycles. The van der Waals surface area contributed by atoms with Crippen LogP contribution in [0.5, 0.6) is 0 Å². The first kappa shape index (κ1) is 20.0. The highest BCUT2D eigenvalue weighted by molar-refractivity contribution is 5.94. The number of benzene rings is 2. The molecule has 2 aromatic carbocycles. The van der Waals surface area contributed by atoms with Crippen molar-refractivity contribution in [2.75, 3.05) is 37.6 Å². The Bertz CT molecular complexity index is 959. The zero-order valence-corrected chi connectivity index (χ0v) is 16.7. The molecule has 1 amide bonds. The zero-order valence-electron chi connectivity index (χ0n) is 16.7. The largest absolute Gasteiger partial charge is 0.369 e. The van der Waals surface area contributed by atoms with Gasteiger partial charge in [-0.3, -0.25) is 14.7 Å². The smallest absolute Gasteiger partial charge is 0.254 e. The number of nitrogens with one attached hydrogen (secondary N) is 1.